The Labute approximate surface area is 215 Å². The lowest BCUT2D eigenvalue weighted by Crippen LogP contribution is -2.33. The Morgan fingerprint density at radius 3 is 2.50 bits per heavy atom. The van der Waals surface area contributed by atoms with Crippen LogP contribution in [0.15, 0.2) is 81.4 Å². The predicted octanol–water partition coefficient (Wildman–Crippen LogP) is 2.34. The van der Waals surface area contributed by atoms with Gasteiger partial charge in [-0.2, -0.15) is 5.10 Å². The molecule has 0 spiro atoms. The first-order valence-corrected chi connectivity index (χ1v) is 11.7. The summed E-state index contributed by atoms with van der Waals surface area (Å²) in [5.74, 6) is -1.04. The minimum absolute atomic E-state index is 0.429. The molecule has 1 aromatic heterocycles. The number of esters is 1. The van der Waals surface area contributed by atoms with E-state index in [4.69, 9.17) is 15.2 Å². The van der Waals surface area contributed by atoms with Crippen LogP contribution in [0, 0.1) is 0 Å². The van der Waals surface area contributed by atoms with Gasteiger partial charge in [0.2, 0.25) is 0 Å². The van der Waals surface area contributed by atoms with Gasteiger partial charge < -0.3 is 15.2 Å². The van der Waals surface area contributed by atoms with E-state index in [1.54, 1.807) is 19.2 Å². The fraction of sp³-hybridized carbons (Fsp3) is 0.148. The lowest BCUT2D eigenvalue weighted by molar-refractivity contribution is -0.136. The maximum Gasteiger partial charge on any atom is 0.357 e. The quantitative estimate of drug-likeness (QED) is 0.334. The first-order valence-electron chi connectivity index (χ1n) is 11.7. The second kappa shape index (κ2) is 10.1. The normalized spacial score (nSPS) is 14.8. The molecule has 1 atom stereocenters. The highest BCUT2D eigenvalue weighted by molar-refractivity contribution is 6.05. The molecule has 11 nitrogen and oxygen atoms in total. The molecule has 0 aliphatic carbocycles. The first kappa shape index (κ1) is 24.5. The molecule has 4 N–H and O–H groups in total. The monoisotopic (exact) mass is 513 g/mol. The smallest absolute Gasteiger partial charge is 0.357 e. The summed E-state index contributed by atoms with van der Waals surface area (Å²) in [6.07, 6.45) is 0.429. The number of aromatic amines is 2. The van der Waals surface area contributed by atoms with Gasteiger partial charge in [0.1, 0.15) is 11.4 Å². The number of aromatic nitrogens is 2. The summed E-state index contributed by atoms with van der Waals surface area (Å²) >= 11 is 0. The molecule has 38 heavy (non-hydrogen) atoms. The third-order valence-electron chi connectivity index (χ3n) is 6.26. The summed E-state index contributed by atoms with van der Waals surface area (Å²) in [6, 6.07) is 20.7. The number of nitrogens with two attached hydrogens (primary N) is 1. The van der Waals surface area contributed by atoms with Crippen molar-refractivity contribution in [1.29, 1.82) is 0 Å². The predicted molar refractivity (Wildman–Crippen MR) is 140 cm³/mol. The van der Waals surface area contributed by atoms with E-state index in [2.05, 4.69) is 10.1 Å². The second-order valence-electron chi connectivity index (χ2n) is 8.61. The van der Waals surface area contributed by atoms with E-state index in [9.17, 15) is 19.2 Å². The number of amides is 1. The lowest BCUT2D eigenvalue weighted by atomic mass is 9.97. The number of hydrazone groups is 1. The number of nitrogens with zero attached hydrogens (tertiary/aromatic N) is 2. The van der Waals surface area contributed by atoms with Crippen molar-refractivity contribution in [2.24, 2.45) is 5.10 Å². The van der Waals surface area contributed by atoms with Gasteiger partial charge in [-0.15, -0.1) is 0 Å². The van der Waals surface area contributed by atoms with E-state index in [0.717, 1.165) is 21.9 Å². The van der Waals surface area contributed by atoms with Crippen LogP contribution in [0.4, 0.5) is 5.69 Å². The van der Waals surface area contributed by atoms with Gasteiger partial charge in [0.25, 0.3) is 11.5 Å². The number of nitrogen functional groups attached to an aromatic ring is 1. The highest BCUT2D eigenvalue weighted by Crippen LogP contribution is 2.34. The Morgan fingerprint density at radius 1 is 1.03 bits per heavy atom. The van der Waals surface area contributed by atoms with E-state index in [1.807, 2.05) is 59.6 Å². The Kier molecular flexibility index (Phi) is 6.48. The maximum atomic E-state index is 13.2. The standard InChI is InChI=1S/C27H23N5O6/c1-37-19-10-8-16(9-11-19)21-13-20(18-7-6-15-4-2-3-5-17(15)12-18)31-32(21)22(33)14-38-26(35)24-23(28)25(34)30-27(36)29-24/h2-12,21H,13-14,28H2,1H3,(H2,29,30,34,36). The number of benzene rings is 3. The van der Waals surface area contributed by atoms with Crippen LogP contribution in [0.3, 0.4) is 0 Å². The summed E-state index contributed by atoms with van der Waals surface area (Å²) in [7, 11) is 1.57. The highest BCUT2D eigenvalue weighted by atomic mass is 16.5. The molecular formula is C27H23N5O6. The number of fused-ring (bicyclic) bond motifs is 1. The Morgan fingerprint density at radius 2 is 1.76 bits per heavy atom. The largest absolute Gasteiger partial charge is 0.497 e. The molecule has 0 fully saturated rings. The maximum absolute atomic E-state index is 13.2. The number of carbonyl (C=O) groups is 2. The van der Waals surface area contributed by atoms with E-state index < -0.39 is 47.2 Å². The first-order chi connectivity index (χ1) is 18.3. The average molecular weight is 514 g/mol. The molecule has 1 unspecified atom stereocenters. The number of methoxy groups -OCH3 is 1. The fourth-order valence-corrected chi connectivity index (χ4v) is 4.29. The molecule has 192 valence electrons. The topological polar surface area (TPSA) is 160 Å². The third kappa shape index (κ3) is 4.76. The number of hydrogen-bond acceptors (Lipinski definition) is 8. The van der Waals surface area contributed by atoms with Crippen LogP contribution >= 0.6 is 0 Å². The summed E-state index contributed by atoms with van der Waals surface area (Å²) < 4.78 is 10.3. The molecule has 0 bridgehead atoms. The average Bonchev–Trinajstić information content (AvgIpc) is 3.39. The van der Waals surface area contributed by atoms with E-state index in [1.165, 1.54) is 5.01 Å². The second-order valence-corrected chi connectivity index (χ2v) is 8.61. The summed E-state index contributed by atoms with van der Waals surface area (Å²) in [4.78, 5) is 53.0. The molecular weight excluding hydrogens is 490 g/mol. The van der Waals surface area contributed by atoms with E-state index in [-0.39, 0.29) is 0 Å². The zero-order valence-corrected chi connectivity index (χ0v) is 20.3. The number of carbonyl (C=O) groups excluding carboxylic acids is 2. The Bertz CT molecular complexity index is 1690. The number of ether oxygens (including phenoxy) is 2. The van der Waals surface area contributed by atoms with Crippen molar-refractivity contribution in [3.8, 4) is 5.75 Å². The van der Waals surface area contributed by atoms with Gasteiger partial charge in [0.15, 0.2) is 12.3 Å². The van der Waals surface area contributed by atoms with Crippen LogP contribution in [0.5, 0.6) is 5.75 Å². The number of nitrogens with one attached hydrogen (secondary N) is 2. The van der Waals surface area contributed by atoms with Gasteiger partial charge in [0.05, 0.1) is 18.9 Å². The van der Waals surface area contributed by atoms with Crippen LogP contribution in [-0.4, -0.2) is 46.3 Å². The lowest BCUT2D eigenvalue weighted by Gasteiger charge is -2.22. The summed E-state index contributed by atoms with van der Waals surface area (Å²) in [5, 5.41) is 8.00. The molecule has 1 aliphatic rings. The van der Waals surface area contributed by atoms with Crippen molar-refractivity contribution in [2.75, 3.05) is 19.5 Å². The highest BCUT2D eigenvalue weighted by Gasteiger charge is 2.34. The molecule has 1 amide bonds. The van der Waals surface area contributed by atoms with E-state index in [0.29, 0.717) is 17.9 Å². The minimum atomic E-state index is -1.11. The zero-order valence-electron chi connectivity index (χ0n) is 20.3. The van der Waals surface area contributed by atoms with Crippen molar-refractivity contribution < 1.29 is 19.1 Å². The summed E-state index contributed by atoms with van der Waals surface area (Å²) in [6.45, 7) is -0.686. The van der Waals surface area contributed by atoms with Gasteiger partial charge in [0, 0.05) is 6.42 Å². The molecule has 5 rings (SSSR count). The van der Waals surface area contributed by atoms with Crippen molar-refractivity contribution >= 4 is 34.0 Å². The molecule has 11 heteroatoms. The number of H-pyrrole nitrogens is 2. The molecule has 0 saturated heterocycles. The number of hydrogen-bond donors (Lipinski definition) is 3. The number of anilines is 1. The van der Waals surface area contributed by atoms with Crippen LogP contribution in [0.1, 0.15) is 34.1 Å². The minimum Gasteiger partial charge on any atom is -0.497 e. The molecule has 4 aromatic rings. The molecule has 1 aliphatic heterocycles. The van der Waals surface area contributed by atoms with Crippen LogP contribution in [0.2, 0.25) is 0 Å². The van der Waals surface area contributed by atoms with E-state index >= 15 is 0 Å². The molecule has 2 heterocycles. The van der Waals surface area contributed by atoms with Gasteiger partial charge in [-0.25, -0.2) is 14.6 Å². The van der Waals surface area contributed by atoms with Crippen molar-refractivity contribution in [2.45, 2.75) is 12.5 Å². The Hall–Kier alpha value is -5.19. The van der Waals surface area contributed by atoms with Crippen LogP contribution in [0.25, 0.3) is 10.8 Å². The van der Waals surface area contributed by atoms with Crippen LogP contribution < -0.4 is 21.7 Å². The zero-order chi connectivity index (χ0) is 26.8. The molecule has 0 saturated carbocycles. The van der Waals surface area contributed by atoms with Gasteiger partial charge >= 0.3 is 11.7 Å². The van der Waals surface area contributed by atoms with Gasteiger partial charge in [-0.05, 0) is 40.1 Å². The summed E-state index contributed by atoms with van der Waals surface area (Å²) in [5.41, 5.74) is 5.05. The fourth-order valence-electron chi connectivity index (χ4n) is 4.29. The third-order valence-corrected chi connectivity index (χ3v) is 6.26. The van der Waals surface area contributed by atoms with Crippen LogP contribution in [-0.2, 0) is 9.53 Å². The van der Waals surface area contributed by atoms with Crippen molar-refractivity contribution in [3.63, 3.8) is 0 Å². The van der Waals surface area contributed by atoms with Gasteiger partial charge in [-0.3, -0.25) is 19.6 Å². The van der Waals surface area contributed by atoms with Gasteiger partial charge in [-0.1, -0.05) is 48.5 Å². The van der Waals surface area contributed by atoms with Crippen molar-refractivity contribution in [3.05, 3.63) is 104 Å². The Balaban J connectivity index is 1.42. The molecule has 0 radical (unpaired) electrons. The van der Waals surface area contributed by atoms with Crippen molar-refractivity contribution in [1.82, 2.24) is 15.0 Å². The number of rotatable bonds is 6. The SMILES string of the molecule is COc1ccc(C2CC(c3ccc4ccccc4c3)=NN2C(=O)COC(=O)c2[nH]c(=O)[nH]c(=O)c2N)cc1. The molecule has 3 aromatic carbocycles.